The van der Waals surface area contributed by atoms with Crippen LogP contribution in [0.15, 0.2) is 270 Å². The van der Waals surface area contributed by atoms with Crippen molar-refractivity contribution in [2.45, 2.75) is 52.4 Å². The zero-order valence-corrected chi connectivity index (χ0v) is 55.0. The number of para-hydroxylation sites is 6. The number of nitrogens with zero attached hydrogens (tertiary/aromatic N) is 4. The Morgan fingerprint density at radius 3 is 1.48 bits per heavy atom. The Balaban J connectivity index is 1.04. The number of hydrogen-bond acceptors (Lipinski definition) is 7. The van der Waals surface area contributed by atoms with Crippen molar-refractivity contribution >= 4 is 203 Å². The Bertz CT molecular complexity index is 6250. The molecular formula is C86H61BN4O2S2. The predicted molar refractivity (Wildman–Crippen MR) is 407 cm³/mol. The second-order valence-electron chi connectivity index (χ2n) is 27.9. The van der Waals surface area contributed by atoms with Crippen LogP contribution in [0.2, 0.25) is 0 Å². The SMILES string of the molecule is CC(C)(C)c1cc(N2c3cc(N(c4ccccc4)c4cccc5c4c4ccccc4n5-c4ccccc4)cc4c3B(c3c2c2sc5ccccc5c2c2c3oc3ccccc32)c2c(c3oc5ccccc5c3c3c2sc2ccccc23)N4c2ccccc2)cc(C(C)(C)C)c1. The van der Waals surface area contributed by atoms with Gasteiger partial charge in [0.05, 0.1) is 38.5 Å². The van der Waals surface area contributed by atoms with Crippen LogP contribution in [-0.2, 0) is 10.8 Å². The number of rotatable bonds is 6. The highest BCUT2D eigenvalue weighted by Gasteiger charge is 2.50. The largest absolute Gasteiger partial charge is 0.456 e. The molecule has 9 heteroatoms. The first-order chi connectivity index (χ1) is 46.4. The van der Waals surface area contributed by atoms with Gasteiger partial charge >= 0.3 is 0 Å². The monoisotopic (exact) mass is 1260 g/mol. The van der Waals surface area contributed by atoms with E-state index >= 15 is 0 Å². The van der Waals surface area contributed by atoms with Crippen molar-refractivity contribution in [3.8, 4) is 5.69 Å². The number of thiophene rings is 2. The van der Waals surface area contributed by atoms with E-state index in [4.69, 9.17) is 8.83 Å². The highest BCUT2D eigenvalue weighted by atomic mass is 32.1. The first kappa shape index (κ1) is 54.7. The summed E-state index contributed by atoms with van der Waals surface area (Å²) in [6.07, 6.45) is 0. The van der Waals surface area contributed by atoms with Gasteiger partial charge in [-0.2, -0.15) is 0 Å². The fourth-order valence-corrected chi connectivity index (χ4v) is 18.7. The molecule has 95 heavy (non-hydrogen) atoms. The van der Waals surface area contributed by atoms with Crippen LogP contribution in [0.4, 0.5) is 51.2 Å². The standard InChI is InChI=1S/C86H61BN4O2S2/c1-85(2,3)50-45-51(86(4,5)6)47-55(46-50)91-66-49-56(88(52-27-10-7-11-28-52)63-39-26-40-64-71(63)57-33-16-21-38-62(57)89(64)53-29-12-8-13-30-53)48-65-76(66)87(77-80(91)84-75(61-37-20-25-44-70(61)95-84)72-58-34-17-22-41-67(58)92-81(72)77)78-79(90(65)54-31-14-9-15-32-54)82-73(59-35-18-23-42-68(59)93-82)74-60-36-19-24-43-69(60)94-83(74)78/h7-49H,1-6H3. The summed E-state index contributed by atoms with van der Waals surface area (Å²) in [6, 6.07) is 96.8. The minimum Gasteiger partial charge on any atom is -0.456 e. The lowest BCUT2D eigenvalue weighted by molar-refractivity contribution is 0.569. The average Bonchev–Trinajstić information content (AvgIpc) is 1.65. The molecule has 0 bridgehead atoms. The van der Waals surface area contributed by atoms with E-state index in [1.807, 2.05) is 22.7 Å². The van der Waals surface area contributed by atoms with Gasteiger partial charge in [-0.05, 0) is 141 Å². The molecule has 0 N–H and O–H groups in total. The Labute approximate surface area is 557 Å². The lowest BCUT2D eigenvalue weighted by atomic mass is 9.33. The highest BCUT2D eigenvalue weighted by Crippen LogP contribution is 2.58. The van der Waals surface area contributed by atoms with Crippen molar-refractivity contribution < 1.29 is 8.83 Å². The van der Waals surface area contributed by atoms with E-state index in [1.165, 1.54) is 67.8 Å². The van der Waals surface area contributed by atoms with E-state index in [-0.39, 0.29) is 10.8 Å². The molecule has 0 saturated heterocycles. The summed E-state index contributed by atoms with van der Waals surface area (Å²) in [6.45, 7) is 13.8. The number of fused-ring (bicyclic) bond motifs is 25. The molecule has 0 fully saturated rings. The first-order valence-corrected chi connectivity index (χ1v) is 34.6. The van der Waals surface area contributed by atoms with E-state index in [9.17, 15) is 0 Å². The summed E-state index contributed by atoms with van der Waals surface area (Å²) in [5.41, 5.74) is 22.1. The molecule has 0 spiro atoms. The van der Waals surface area contributed by atoms with Crippen LogP contribution in [0, 0.1) is 0 Å². The molecule has 7 heterocycles. The number of furan rings is 2. The molecule has 5 aromatic heterocycles. The molecule has 0 unspecified atom stereocenters. The van der Waals surface area contributed by atoms with Gasteiger partial charge in [0.2, 0.25) is 0 Å². The summed E-state index contributed by atoms with van der Waals surface area (Å²) in [7, 11) is 0. The molecule has 20 rings (SSSR count). The Morgan fingerprint density at radius 2 is 0.853 bits per heavy atom. The molecule has 18 aromatic rings. The highest BCUT2D eigenvalue weighted by molar-refractivity contribution is 7.29. The quantitative estimate of drug-likeness (QED) is 0.155. The van der Waals surface area contributed by atoms with Gasteiger partial charge in [-0.15, -0.1) is 22.7 Å². The van der Waals surface area contributed by atoms with Gasteiger partial charge in [-0.1, -0.05) is 199 Å². The third-order valence-electron chi connectivity index (χ3n) is 20.4. The zero-order chi connectivity index (χ0) is 63.3. The van der Waals surface area contributed by atoms with Crippen molar-refractivity contribution in [2.75, 3.05) is 14.7 Å². The van der Waals surface area contributed by atoms with Gasteiger partial charge in [0.25, 0.3) is 6.71 Å². The molecular weight excluding hydrogens is 1200 g/mol. The van der Waals surface area contributed by atoms with Crippen LogP contribution in [-0.4, -0.2) is 11.3 Å². The van der Waals surface area contributed by atoms with E-state index in [1.54, 1.807) is 0 Å². The molecule has 2 aliphatic rings. The van der Waals surface area contributed by atoms with Crippen molar-refractivity contribution in [2.24, 2.45) is 0 Å². The van der Waals surface area contributed by atoms with Crippen molar-refractivity contribution in [3.05, 3.63) is 272 Å². The molecule has 0 aliphatic carbocycles. The predicted octanol–water partition coefficient (Wildman–Crippen LogP) is 23.5. The Kier molecular flexibility index (Phi) is 11.4. The van der Waals surface area contributed by atoms with Crippen molar-refractivity contribution in [3.63, 3.8) is 0 Å². The molecule has 452 valence electrons. The minimum atomic E-state index is -0.397. The smallest absolute Gasteiger partial charge is 0.259 e. The maximum atomic E-state index is 7.78. The molecule has 2 aliphatic heterocycles. The van der Waals surface area contributed by atoms with Gasteiger partial charge in [0.1, 0.15) is 16.7 Å². The maximum Gasteiger partial charge on any atom is 0.259 e. The fourth-order valence-electron chi connectivity index (χ4n) is 16.2. The van der Waals surface area contributed by atoms with Gasteiger partial charge in [-0.3, -0.25) is 0 Å². The van der Waals surface area contributed by atoms with Crippen molar-refractivity contribution in [1.29, 1.82) is 0 Å². The summed E-state index contributed by atoms with van der Waals surface area (Å²) in [5.74, 6) is 0. The molecule has 13 aromatic carbocycles. The molecule has 0 saturated carbocycles. The molecule has 6 nitrogen and oxygen atoms in total. The number of hydrogen-bond donors (Lipinski definition) is 0. The van der Waals surface area contributed by atoms with E-state index in [2.05, 4.69) is 322 Å². The topological polar surface area (TPSA) is 40.9 Å². The van der Waals surface area contributed by atoms with Gasteiger partial charge in [0.15, 0.2) is 5.58 Å². The maximum absolute atomic E-state index is 7.78. The van der Waals surface area contributed by atoms with Gasteiger partial charge in [0, 0.05) is 102 Å². The van der Waals surface area contributed by atoms with Crippen LogP contribution in [0.25, 0.3) is 112 Å². The van der Waals surface area contributed by atoms with Gasteiger partial charge in [-0.25, -0.2) is 0 Å². The number of anilines is 9. The summed E-state index contributed by atoms with van der Waals surface area (Å²) < 4.78 is 22.8. The Morgan fingerprint density at radius 1 is 0.358 bits per heavy atom. The molecule has 0 atom stereocenters. The molecule has 0 amide bonds. The van der Waals surface area contributed by atoms with Crippen LogP contribution in [0.3, 0.4) is 0 Å². The lowest BCUT2D eigenvalue weighted by Gasteiger charge is -2.45. The average molecular weight is 1260 g/mol. The second kappa shape index (κ2) is 19.9. The van der Waals surface area contributed by atoms with E-state index < -0.39 is 6.71 Å². The van der Waals surface area contributed by atoms with E-state index in [0.29, 0.717) is 0 Å². The lowest BCUT2D eigenvalue weighted by Crippen LogP contribution is -2.61. The van der Waals surface area contributed by atoms with Crippen LogP contribution in [0.1, 0.15) is 52.7 Å². The fraction of sp³-hybridized carbons (Fsp3) is 0.0930. The van der Waals surface area contributed by atoms with Crippen LogP contribution in [0.5, 0.6) is 0 Å². The third-order valence-corrected chi connectivity index (χ3v) is 22.7. The summed E-state index contributed by atoms with van der Waals surface area (Å²) in [5, 5.41) is 11.7. The summed E-state index contributed by atoms with van der Waals surface area (Å²) >= 11 is 3.81. The minimum absolute atomic E-state index is 0.205. The molecule has 0 radical (unpaired) electrons. The van der Waals surface area contributed by atoms with E-state index in [0.717, 1.165) is 123 Å². The first-order valence-electron chi connectivity index (χ1n) is 32.9. The van der Waals surface area contributed by atoms with Crippen molar-refractivity contribution in [1.82, 2.24) is 4.57 Å². The zero-order valence-electron chi connectivity index (χ0n) is 53.3. The van der Waals surface area contributed by atoms with Crippen LogP contribution < -0.4 is 31.1 Å². The number of aromatic nitrogens is 1. The van der Waals surface area contributed by atoms with Gasteiger partial charge < -0.3 is 28.1 Å². The summed E-state index contributed by atoms with van der Waals surface area (Å²) in [4.78, 5) is 7.82. The third kappa shape index (κ3) is 7.73. The second-order valence-corrected chi connectivity index (χ2v) is 30.0. The van der Waals surface area contributed by atoms with Crippen LogP contribution >= 0.6 is 22.7 Å². The Hall–Kier alpha value is -10.8. The number of benzene rings is 13. The normalized spacial score (nSPS) is 13.3.